The van der Waals surface area contributed by atoms with Gasteiger partial charge in [0, 0.05) is 18.3 Å². The largest absolute Gasteiger partial charge is 0.391 e. The Labute approximate surface area is 144 Å². The minimum Gasteiger partial charge on any atom is -0.391 e. The summed E-state index contributed by atoms with van der Waals surface area (Å²) < 4.78 is 29.4. The van der Waals surface area contributed by atoms with Crippen LogP contribution in [0, 0.1) is 11.6 Å². The summed E-state index contributed by atoms with van der Waals surface area (Å²) in [4.78, 5) is 14.2. The van der Waals surface area contributed by atoms with Gasteiger partial charge in [-0.25, -0.2) is 8.78 Å². The number of aromatic nitrogens is 2. The molecule has 7 heteroatoms. The van der Waals surface area contributed by atoms with Crippen LogP contribution in [0.25, 0.3) is 0 Å². The lowest BCUT2D eigenvalue weighted by atomic mass is 10.0. The number of carbonyl (C=O) groups is 1. The third kappa shape index (κ3) is 3.42. The molecule has 134 valence electrons. The molecule has 25 heavy (non-hydrogen) atoms. The van der Waals surface area contributed by atoms with Gasteiger partial charge in [0.1, 0.15) is 11.6 Å². The first-order valence-electron chi connectivity index (χ1n) is 8.16. The second-order valence-electron chi connectivity index (χ2n) is 7.37. The number of aliphatic hydroxyl groups is 1. The maximum Gasteiger partial charge on any atom is 0.257 e. The number of aliphatic hydroxyl groups excluding tert-OH is 1. The smallest absolute Gasteiger partial charge is 0.257 e. The number of hydrogen-bond acceptors (Lipinski definition) is 3. The lowest BCUT2D eigenvalue weighted by Crippen LogP contribution is -2.32. The number of rotatable bonds is 2. The Morgan fingerprint density at radius 2 is 2.04 bits per heavy atom. The zero-order valence-electron chi connectivity index (χ0n) is 14.4. The monoisotopic (exact) mass is 349 g/mol. The Morgan fingerprint density at radius 1 is 1.32 bits per heavy atom. The van der Waals surface area contributed by atoms with E-state index in [1.54, 1.807) is 10.9 Å². The maximum absolute atomic E-state index is 14.1. The van der Waals surface area contributed by atoms with Gasteiger partial charge in [-0.2, -0.15) is 5.10 Å². The van der Waals surface area contributed by atoms with Gasteiger partial charge in [-0.1, -0.05) is 0 Å². The van der Waals surface area contributed by atoms with Gasteiger partial charge in [-0.3, -0.25) is 9.48 Å². The Bertz CT molecular complexity index is 798. The summed E-state index contributed by atoms with van der Waals surface area (Å²) in [5.41, 5.74) is 0.149. The molecule has 5 nitrogen and oxygen atoms in total. The summed E-state index contributed by atoms with van der Waals surface area (Å²) in [6.07, 6.45) is 2.47. The molecule has 2 aromatic rings. The second kappa shape index (κ2) is 6.22. The molecular formula is C18H21F2N3O2. The predicted octanol–water partition coefficient (Wildman–Crippen LogP) is 2.86. The van der Waals surface area contributed by atoms with E-state index >= 15 is 0 Å². The lowest BCUT2D eigenvalue weighted by molar-refractivity contribution is 0.0713. The van der Waals surface area contributed by atoms with Crippen LogP contribution in [0.1, 0.15) is 49.2 Å². The van der Waals surface area contributed by atoms with Crippen LogP contribution in [-0.2, 0) is 5.54 Å². The fourth-order valence-electron chi connectivity index (χ4n) is 3.07. The Morgan fingerprint density at radius 3 is 2.68 bits per heavy atom. The normalized spacial score (nSPS) is 21.0. The highest BCUT2D eigenvalue weighted by Gasteiger charge is 2.37. The van der Waals surface area contributed by atoms with Crippen LogP contribution in [0.2, 0.25) is 0 Å². The molecular weight excluding hydrogens is 328 g/mol. The molecule has 3 rings (SSSR count). The molecule has 2 atom stereocenters. The third-order valence-electron chi connectivity index (χ3n) is 4.37. The highest BCUT2D eigenvalue weighted by atomic mass is 19.1. The van der Waals surface area contributed by atoms with Crippen molar-refractivity contribution in [1.29, 1.82) is 0 Å². The topological polar surface area (TPSA) is 58.4 Å². The molecule has 0 bridgehead atoms. The fraction of sp³-hybridized carbons (Fsp3) is 0.444. The lowest BCUT2D eigenvalue weighted by Gasteiger charge is -2.25. The molecule has 2 unspecified atom stereocenters. The minimum atomic E-state index is -0.783. The van der Waals surface area contributed by atoms with Crippen molar-refractivity contribution in [2.24, 2.45) is 0 Å². The van der Waals surface area contributed by atoms with Gasteiger partial charge in [-0.05, 0) is 45.4 Å². The van der Waals surface area contributed by atoms with E-state index in [1.807, 2.05) is 20.8 Å². The van der Waals surface area contributed by atoms with Gasteiger partial charge in [0.25, 0.3) is 5.91 Å². The molecule has 0 aliphatic carbocycles. The number of likely N-dealkylation sites (tertiary alicyclic amines) is 1. The predicted molar refractivity (Wildman–Crippen MR) is 88.0 cm³/mol. The van der Waals surface area contributed by atoms with Gasteiger partial charge in [0.15, 0.2) is 0 Å². The summed E-state index contributed by atoms with van der Waals surface area (Å²) >= 11 is 0. The summed E-state index contributed by atoms with van der Waals surface area (Å²) in [6.45, 7) is 5.94. The standard InChI is InChI=1S/C18H21F2N3O2/c1-18(2,3)23-9-11(8-21-23)17(25)22-10-13(24)7-16(22)14-6-12(19)4-5-15(14)20/h4-6,8-9,13,16,24H,7,10H2,1-3H3. The summed E-state index contributed by atoms with van der Waals surface area (Å²) in [5, 5.41) is 14.2. The number of carbonyl (C=O) groups excluding carboxylic acids is 1. The van der Waals surface area contributed by atoms with Crippen molar-refractivity contribution < 1.29 is 18.7 Å². The first kappa shape index (κ1) is 17.5. The fourth-order valence-corrected chi connectivity index (χ4v) is 3.07. The van der Waals surface area contributed by atoms with Crippen molar-refractivity contribution in [1.82, 2.24) is 14.7 Å². The number of amides is 1. The van der Waals surface area contributed by atoms with Gasteiger partial charge in [0.05, 0.1) is 29.4 Å². The highest BCUT2D eigenvalue weighted by molar-refractivity contribution is 5.94. The van der Waals surface area contributed by atoms with E-state index in [1.165, 1.54) is 11.1 Å². The molecule has 1 aliphatic heterocycles. The van der Waals surface area contributed by atoms with Crippen LogP contribution < -0.4 is 0 Å². The quantitative estimate of drug-likeness (QED) is 0.907. The first-order chi connectivity index (χ1) is 11.7. The molecule has 1 aromatic heterocycles. The Kier molecular flexibility index (Phi) is 4.36. The first-order valence-corrected chi connectivity index (χ1v) is 8.16. The van der Waals surface area contributed by atoms with Crippen molar-refractivity contribution in [3.05, 3.63) is 53.4 Å². The average molecular weight is 349 g/mol. The van der Waals surface area contributed by atoms with Crippen LogP contribution in [0.5, 0.6) is 0 Å². The van der Waals surface area contributed by atoms with Crippen molar-refractivity contribution >= 4 is 5.91 Å². The molecule has 1 saturated heterocycles. The second-order valence-corrected chi connectivity index (χ2v) is 7.37. The van der Waals surface area contributed by atoms with Gasteiger partial charge < -0.3 is 10.0 Å². The van der Waals surface area contributed by atoms with Crippen LogP contribution in [-0.4, -0.2) is 38.3 Å². The number of benzene rings is 1. The molecule has 1 aliphatic rings. The zero-order chi connectivity index (χ0) is 18.4. The van der Waals surface area contributed by atoms with Gasteiger partial charge >= 0.3 is 0 Å². The van der Waals surface area contributed by atoms with Gasteiger partial charge in [0.2, 0.25) is 0 Å². The molecule has 2 heterocycles. The van der Waals surface area contributed by atoms with E-state index in [4.69, 9.17) is 0 Å². The summed E-state index contributed by atoms with van der Waals surface area (Å²) in [7, 11) is 0. The third-order valence-corrected chi connectivity index (χ3v) is 4.37. The molecule has 0 radical (unpaired) electrons. The van der Waals surface area contributed by atoms with E-state index < -0.39 is 23.8 Å². The zero-order valence-corrected chi connectivity index (χ0v) is 14.4. The molecule has 1 N–H and O–H groups in total. The molecule has 1 aromatic carbocycles. The van der Waals surface area contributed by atoms with Crippen molar-refractivity contribution in [2.75, 3.05) is 6.54 Å². The van der Waals surface area contributed by atoms with Crippen molar-refractivity contribution in [3.8, 4) is 0 Å². The molecule has 0 saturated carbocycles. The van der Waals surface area contributed by atoms with Crippen LogP contribution >= 0.6 is 0 Å². The Balaban J connectivity index is 1.92. The maximum atomic E-state index is 14.1. The van der Waals surface area contributed by atoms with E-state index in [0.717, 1.165) is 18.2 Å². The van der Waals surface area contributed by atoms with E-state index in [-0.39, 0.29) is 30.0 Å². The number of β-amino-alcohol motifs (C(OH)–C–C–N with tert-alkyl or cyclic N) is 1. The molecule has 1 amide bonds. The molecule has 0 spiro atoms. The number of nitrogens with zero attached hydrogens (tertiary/aromatic N) is 3. The SMILES string of the molecule is CC(C)(C)n1cc(C(=O)N2CC(O)CC2c2cc(F)ccc2F)cn1. The highest BCUT2D eigenvalue weighted by Crippen LogP contribution is 2.35. The Hall–Kier alpha value is -2.28. The van der Waals surface area contributed by atoms with Crippen molar-refractivity contribution in [3.63, 3.8) is 0 Å². The minimum absolute atomic E-state index is 0.0696. The van der Waals surface area contributed by atoms with E-state index in [9.17, 15) is 18.7 Å². The molecule has 1 fully saturated rings. The average Bonchev–Trinajstić information content (AvgIpc) is 3.15. The number of hydrogen-bond donors (Lipinski definition) is 1. The summed E-state index contributed by atoms with van der Waals surface area (Å²) in [6, 6.07) is 2.44. The van der Waals surface area contributed by atoms with Gasteiger partial charge in [-0.15, -0.1) is 0 Å². The van der Waals surface area contributed by atoms with E-state index in [2.05, 4.69) is 5.10 Å². The van der Waals surface area contributed by atoms with Crippen molar-refractivity contribution in [2.45, 2.75) is 44.9 Å². The van der Waals surface area contributed by atoms with E-state index in [0.29, 0.717) is 5.56 Å². The van der Waals surface area contributed by atoms with Crippen LogP contribution in [0.3, 0.4) is 0 Å². The van der Waals surface area contributed by atoms with Crippen LogP contribution in [0.4, 0.5) is 8.78 Å². The van der Waals surface area contributed by atoms with Crippen LogP contribution in [0.15, 0.2) is 30.6 Å². The number of halogens is 2. The summed E-state index contributed by atoms with van der Waals surface area (Å²) in [5.74, 6) is -1.53.